The predicted octanol–water partition coefficient (Wildman–Crippen LogP) is 4.41. The van der Waals surface area contributed by atoms with Gasteiger partial charge in [0.25, 0.3) is 0 Å². The number of carbonyl (C=O) groups excluding carboxylic acids is 1. The molecule has 0 aliphatic rings. The van der Waals surface area contributed by atoms with Gasteiger partial charge < -0.3 is 15.1 Å². The molecule has 4 rings (SSSR count). The third-order valence-corrected chi connectivity index (χ3v) is 4.73. The summed E-state index contributed by atoms with van der Waals surface area (Å²) in [5.41, 5.74) is 3.88. The quantitative estimate of drug-likeness (QED) is 0.514. The van der Waals surface area contributed by atoms with Gasteiger partial charge in [0.2, 0.25) is 5.91 Å². The van der Waals surface area contributed by atoms with Gasteiger partial charge in [0.05, 0.1) is 5.52 Å². The minimum Gasteiger partial charge on any atom is -0.408 e. The molecule has 0 fully saturated rings. The van der Waals surface area contributed by atoms with Crippen molar-refractivity contribution in [3.8, 4) is 0 Å². The van der Waals surface area contributed by atoms with Crippen LogP contribution in [0.15, 0.2) is 88.1 Å². The zero-order chi connectivity index (χ0) is 20.2. The summed E-state index contributed by atoms with van der Waals surface area (Å²) in [6.45, 7) is 1.98. The molecule has 0 saturated carbocycles. The van der Waals surface area contributed by atoms with E-state index in [1.165, 1.54) is 10.1 Å². The van der Waals surface area contributed by atoms with E-state index in [0.717, 1.165) is 5.69 Å². The monoisotopic (exact) mass is 387 g/mol. The molecule has 0 radical (unpaired) electrons. The van der Waals surface area contributed by atoms with Gasteiger partial charge in [-0.05, 0) is 48.9 Å². The van der Waals surface area contributed by atoms with Crippen LogP contribution in [0.5, 0.6) is 0 Å². The summed E-state index contributed by atoms with van der Waals surface area (Å²) in [5.74, 6) is -0.840. The fraction of sp³-hybridized carbons (Fsp3) is 0.130. The van der Waals surface area contributed by atoms with Crippen LogP contribution in [0.25, 0.3) is 11.1 Å². The Bertz CT molecular complexity index is 1180. The minimum absolute atomic E-state index is 0.110. The molecular formula is C23H21N3O3. The number of hydrogen-bond acceptors (Lipinski definition) is 4. The highest BCUT2D eigenvalue weighted by molar-refractivity contribution is 5.91. The summed E-state index contributed by atoms with van der Waals surface area (Å²) in [6, 6.07) is 24.9. The Morgan fingerprint density at radius 2 is 1.59 bits per heavy atom. The second kappa shape index (κ2) is 8.06. The number of aromatic nitrogens is 1. The first-order valence-electron chi connectivity index (χ1n) is 9.40. The Balaban J connectivity index is 1.40. The van der Waals surface area contributed by atoms with E-state index in [1.54, 1.807) is 24.3 Å². The molecule has 0 spiro atoms. The fourth-order valence-corrected chi connectivity index (χ4v) is 3.23. The fourth-order valence-electron chi connectivity index (χ4n) is 3.23. The van der Waals surface area contributed by atoms with Crippen molar-refractivity contribution in [3.63, 3.8) is 0 Å². The van der Waals surface area contributed by atoms with E-state index in [-0.39, 0.29) is 18.5 Å². The van der Waals surface area contributed by atoms with Gasteiger partial charge in [-0.25, -0.2) is 4.79 Å². The van der Waals surface area contributed by atoms with E-state index in [1.807, 2.05) is 42.5 Å². The van der Waals surface area contributed by atoms with Crippen LogP contribution in [0.2, 0.25) is 0 Å². The Morgan fingerprint density at radius 1 is 0.931 bits per heavy atom. The number of benzene rings is 3. The molecule has 0 bridgehead atoms. The first-order chi connectivity index (χ1) is 14.1. The van der Waals surface area contributed by atoms with Crippen molar-refractivity contribution < 1.29 is 9.21 Å². The molecule has 3 aromatic carbocycles. The molecule has 146 valence electrons. The van der Waals surface area contributed by atoms with Gasteiger partial charge >= 0.3 is 5.76 Å². The van der Waals surface area contributed by atoms with Gasteiger partial charge in [-0.2, -0.15) is 0 Å². The summed E-state index contributed by atoms with van der Waals surface area (Å²) < 4.78 is 6.48. The normalized spacial score (nSPS) is 11.9. The molecular weight excluding hydrogens is 366 g/mol. The second-order valence-corrected chi connectivity index (χ2v) is 6.82. The third kappa shape index (κ3) is 4.21. The van der Waals surface area contributed by atoms with Crippen LogP contribution in [-0.4, -0.2) is 10.5 Å². The highest BCUT2D eigenvalue weighted by Crippen LogP contribution is 2.21. The molecule has 0 aliphatic heterocycles. The molecule has 4 aromatic rings. The number of hydrogen-bond donors (Lipinski definition) is 2. The van der Waals surface area contributed by atoms with Gasteiger partial charge in [-0.3, -0.25) is 9.36 Å². The number of fused-ring (bicyclic) bond motifs is 1. The first kappa shape index (κ1) is 18.6. The van der Waals surface area contributed by atoms with Crippen LogP contribution in [0, 0.1) is 0 Å². The highest BCUT2D eigenvalue weighted by Gasteiger charge is 2.12. The summed E-state index contributed by atoms with van der Waals surface area (Å²) in [5, 5.41) is 6.25. The SMILES string of the molecule is CC(Nc1ccc(NC(=O)Cn2c(=O)oc3ccccc32)cc1)c1ccccc1. The summed E-state index contributed by atoms with van der Waals surface area (Å²) in [7, 11) is 0. The van der Waals surface area contributed by atoms with Crippen molar-refractivity contribution in [1.82, 2.24) is 4.57 Å². The number of rotatable bonds is 6. The highest BCUT2D eigenvalue weighted by atomic mass is 16.4. The topological polar surface area (TPSA) is 76.3 Å². The minimum atomic E-state index is -0.546. The van der Waals surface area contributed by atoms with E-state index in [9.17, 15) is 9.59 Å². The zero-order valence-corrected chi connectivity index (χ0v) is 16.0. The van der Waals surface area contributed by atoms with Crippen LogP contribution in [-0.2, 0) is 11.3 Å². The number of para-hydroxylation sites is 2. The molecule has 1 unspecified atom stereocenters. The number of nitrogens with one attached hydrogen (secondary N) is 2. The van der Waals surface area contributed by atoms with Crippen LogP contribution in [0.3, 0.4) is 0 Å². The largest absolute Gasteiger partial charge is 0.420 e. The maximum Gasteiger partial charge on any atom is 0.420 e. The van der Waals surface area contributed by atoms with Crippen molar-refractivity contribution in [2.45, 2.75) is 19.5 Å². The van der Waals surface area contributed by atoms with Crippen molar-refractivity contribution >= 4 is 28.4 Å². The van der Waals surface area contributed by atoms with E-state index in [2.05, 4.69) is 29.7 Å². The van der Waals surface area contributed by atoms with Crippen molar-refractivity contribution in [3.05, 3.63) is 95.0 Å². The van der Waals surface area contributed by atoms with Crippen molar-refractivity contribution in [1.29, 1.82) is 0 Å². The van der Waals surface area contributed by atoms with E-state index >= 15 is 0 Å². The molecule has 1 heterocycles. The average molecular weight is 387 g/mol. The lowest BCUT2D eigenvalue weighted by atomic mass is 10.1. The Kier molecular flexibility index (Phi) is 5.16. The van der Waals surface area contributed by atoms with E-state index in [0.29, 0.717) is 16.8 Å². The van der Waals surface area contributed by atoms with Crippen LogP contribution in [0.4, 0.5) is 11.4 Å². The molecule has 6 nitrogen and oxygen atoms in total. The number of oxazole rings is 1. The smallest absolute Gasteiger partial charge is 0.408 e. The molecule has 1 atom stereocenters. The molecule has 1 aromatic heterocycles. The maximum atomic E-state index is 12.4. The first-order valence-corrected chi connectivity index (χ1v) is 9.40. The number of amides is 1. The van der Waals surface area contributed by atoms with Gasteiger partial charge in [-0.15, -0.1) is 0 Å². The summed E-state index contributed by atoms with van der Waals surface area (Å²) in [6.07, 6.45) is 0. The second-order valence-electron chi connectivity index (χ2n) is 6.82. The molecule has 0 aliphatic carbocycles. The molecule has 1 amide bonds. The lowest BCUT2D eigenvalue weighted by Crippen LogP contribution is -2.24. The lowest BCUT2D eigenvalue weighted by Gasteiger charge is -2.16. The van der Waals surface area contributed by atoms with Crippen LogP contribution >= 0.6 is 0 Å². The summed E-state index contributed by atoms with van der Waals surface area (Å²) >= 11 is 0. The van der Waals surface area contributed by atoms with E-state index in [4.69, 9.17) is 4.42 Å². The van der Waals surface area contributed by atoms with Gasteiger partial charge in [0.15, 0.2) is 5.58 Å². The number of carbonyl (C=O) groups is 1. The number of anilines is 2. The predicted molar refractivity (Wildman–Crippen MR) is 114 cm³/mol. The standard InChI is InChI=1S/C23H21N3O3/c1-16(17-7-3-2-4-8-17)24-18-11-13-19(14-12-18)25-22(27)15-26-20-9-5-6-10-21(20)29-23(26)28/h2-14,16,24H,15H2,1H3,(H,25,27). The van der Waals surface area contributed by atoms with Crippen molar-refractivity contribution in [2.75, 3.05) is 10.6 Å². The summed E-state index contributed by atoms with van der Waals surface area (Å²) in [4.78, 5) is 24.4. The molecule has 29 heavy (non-hydrogen) atoms. The lowest BCUT2D eigenvalue weighted by molar-refractivity contribution is -0.116. The van der Waals surface area contributed by atoms with Gasteiger partial charge in [0, 0.05) is 17.4 Å². The van der Waals surface area contributed by atoms with Gasteiger partial charge in [-0.1, -0.05) is 42.5 Å². The average Bonchev–Trinajstić information content (AvgIpc) is 3.05. The van der Waals surface area contributed by atoms with Crippen LogP contribution < -0.4 is 16.4 Å². The van der Waals surface area contributed by atoms with Gasteiger partial charge in [0.1, 0.15) is 6.54 Å². The maximum absolute atomic E-state index is 12.4. The third-order valence-electron chi connectivity index (χ3n) is 4.73. The number of nitrogens with zero attached hydrogens (tertiary/aromatic N) is 1. The zero-order valence-electron chi connectivity index (χ0n) is 16.0. The Labute approximate surface area is 167 Å². The van der Waals surface area contributed by atoms with Crippen LogP contribution in [0.1, 0.15) is 18.5 Å². The van der Waals surface area contributed by atoms with Crippen molar-refractivity contribution in [2.24, 2.45) is 0 Å². The molecule has 6 heteroatoms. The Hall–Kier alpha value is -3.80. The molecule has 0 saturated heterocycles. The van der Waals surface area contributed by atoms with E-state index < -0.39 is 5.76 Å². The molecule has 2 N–H and O–H groups in total. The Morgan fingerprint density at radius 3 is 2.34 bits per heavy atom.